The summed E-state index contributed by atoms with van der Waals surface area (Å²) in [7, 11) is 3.37. The van der Waals surface area contributed by atoms with Crippen LogP contribution in [-0.2, 0) is 6.54 Å². The molecule has 0 radical (unpaired) electrons. The van der Waals surface area contributed by atoms with E-state index in [-0.39, 0.29) is 6.04 Å². The van der Waals surface area contributed by atoms with Crippen LogP contribution in [0.15, 0.2) is 53.7 Å². The first-order valence-electron chi connectivity index (χ1n) is 7.24. The molecular weight excluding hydrogens is 276 g/mol. The second-order valence-electron chi connectivity index (χ2n) is 4.91. The Balaban J connectivity index is 1.89. The molecule has 0 saturated heterocycles. The van der Waals surface area contributed by atoms with E-state index in [9.17, 15) is 0 Å². The molecule has 116 valence electrons. The third kappa shape index (κ3) is 4.48. The largest absolute Gasteiger partial charge is 0.481 e. The minimum Gasteiger partial charge on any atom is -0.481 e. The Morgan fingerprint density at radius 2 is 2.00 bits per heavy atom. The molecular formula is C17H22N4O. The fourth-order valence-electron chi connectivity index (χ4n) is 2.05. The summed E-state index contributed by atoms with van der Waals surface area (Å²) < 4.78 is 5.05. The van der Waals surface area contributed by atoms with Crippen LogP contribution in [-0.4, -0.2) is 25.1 Å². The average Bonchev–Trinajstić information content (AvgIpc) is 2.59. The third-order valence-corrected chi connectivity index (χ3v) is 3.34. The number of rotatable bonds is 5. The lowest BCUT2D eigenvalue weighted by molar-refractivity contribution is 0.397. The predicted molar refractivity (Wildman–Crippen MR) is 89.0 cm³/mol. The number of benzene rings is 1. The van der Waals surface area contributed by atoms with E-state index in [0.717, 1.165) is 11.5 Å². The van der Waals surface area contributed by atoms with Crippen molar-refractivity contribution in [2.45, 2.75) is 19.5 Å². The molecule has 2 aromatic rings. The van der Waals surface area contributed by atoms with E-state index in [4.69, 9.17) is 4.74 Å². The van der Waals surface area contributed by atoms with Crippen LogP contribution in [0.1, 0.15) is 24.1 Å². The highest BCUT2D eigenvalue weighted by molar-refractivity contribution is 5.80. The minimum absolute atomic E-state index is 0.182. The first kappa shape index (κ1) is 15.8. The van der Waals surface area contributed by atoms with Gasteiger partial charge < -0.3 is 15.4 Å². The number of methoxy groups -OCH3 is 1. The monoisotopic (exact) mass is 298 g/mol. The number of pyridine rings is 1. The van der Waals surface area contributed by atoms with Gasteiger partial charge in [-0.2, -0.15) is 0 Å². The predicted octanol–water partition coefficient (Wildman–Crippen LogP) is 2.52. The van der Waals surface area contributed by atoms with Crippen molar-refractivity contribution in [1.29, 1.82) is 0 Å². The zero-order valence-electron chi connectivity index (χ0n) is 13.2. The Kier molecular flexibility index (Phi) is 5.77. The fourth-order valence-corrected chi connectivity index (χ4v) is 2.05. The van der Waals surface area contributed by atoms with E-state index < -0.39 is 0 Å². The molecule has 1 unspecified atom stereocenters. The van der Waals surface area contributed by atoms with Gasteiger partial charge >= 0.3 is 0 Å². The molecule has 5 heteroatoms. The van der Waals surface area contributed by atoms with Crippen LogP contribution < -0.4 is 15.4 Å². The third-order valence-electron chi connectivity index (χ3n) is 3.34. The number of aliphatic imine (C=N–C) groups is 1. The first-order valence-corrected chi connectivity index (χ1v) is 7.24. The van der Waals surface area contributed by atoms with Crippen molar-refractivity contribution in [3.05, 3.63) is 59.8 Å². The molecule has 0 aliphatic carbocycles. The number of nitrogens with one attached hydrogen (secondary N) is 2. The number of ether oxygens (including phenoxy) is 1. The van der Waals surface area contributed by atoms with Gasteiger partial charge in [0.05, 0.1) is 13.2 Å². The van der Waals surface area contributed by atoms with Crippen molar-refractivity contribution in [2.75, 3.05) is 14.2 Å². The van der Waals surface area contributed by atoms with E-state index in [1.54, 1.807) is 20.4 Å². The topological polar surface area (TPSA) is 58.5 Å². The number of aromatic nitrogens is 1. The highest BCUT2D eigenvalue weighted by atomic mass is 16.5. The zero-order chi connectivity index (χ0) is 15.8. The SMILES string of the molecule is CN=C(NCc1ccc(OC)nc1)NC(C)c1ccccc1. The van der Waals surface area contributed by atoms with E-state index in [1.165, 1.54) is 5.56 Å². The average molecular weight is 298 g/mol. The summed E-state index contributed by atoms with van der Waals surface area (Å²) in [6.07, 6.45) is 1.79. The van der Waals surface area contributed by atoms with Crippen LogP contribution in [0.25, 0.3) is 0 Å². The van der Waals surface area contributed by atoms with Crippen LogP contribution in [0.2, 0.25) is 0 Å². The Hall–Kier alpha value is -2.56. The van der Waals surface area contributed by atoms with E-state index >= 15 is 0 Å². The smallest absolute Gasteiger partial charge is 0.212 e. The Labute approximate surface area is 131 Å². The van der Waals surface area contributed by atoms with Crippen molar-refractivity contribution >= 4 is 5.96 Å². The Morgan fingerprint density at radius 3 is 2.59 bits per heavy atom. The molecule has 1 heterocycles. The molecule has 0 saturated carbocycles. The normalized spacial score (nSPS) is 12.6. The maximum atomic E-state index is 5.05. The van der Waals surface area contributed by atoms with Crippen LogP contribution in [0.5, 0.6) is 5.88 Å². The lowest BCUT2D eigenvalue weighted by Crippen LogP contribution is -2.38. The summed E-state index contributed by atoms with van der Waals surface area (Å²) in [6, 6.07) is 14.3. The Morgan fingerprint density at radius 1 is 1.23 bits per heavy atom. The van der Waals surface area contributed by atoms with Gasteiger partial charge in [-0.25, -0.2) is 4.98 Å². The molecule has 2 rings (SSSR count). The summed E-state index contributed by atoms with van der Waals surface area (Å²) in [5.41, 5.74) is 2.28. The fraction of sp³-hybridized carbons (Fsp3) is 0.294. The number of hydrogen-bond donors (Lipinski definition) is 2. The summed E-state index contributed by atoms with van der Waals surface area (Å²) in [4.78, 5) is 8.44. The second kappa shape index (κ2) is 8.02. The van der Waals surface area contributed by atoms with Gasteiger partial charge in [-0.1, -0.05) is 36.4 Å². The zero-order valence-corrected chi connectivity index (χ0v) is 13.2. The molecule has 0 aliphatic rings. The highest BCUT2D eigenvalue weighted by Crippen LogP contribution is 2.11. The van der Waals surface area contributed by atoms with Gasteiger partial charge in [0.2, 0.25) is 5.88 Å². The van der Waals surface area contributed by atoms with Gasteiger partial charge in [0.25, 0.3) is 0 Å². The quantitative estimate of drug-likeness (QED) is 0.658. The van der Waals surface area contributed by atoms with Crippen molar-refractivity contribution in [2.24, 2.45) is 4.99 Å². The van der Waals surface area contributed by atoms with Gasteiger partial charge in [0, 0.05) is 25.9 Å². The molecule has 22 heavy (non-hydrogen) atoms. The molecule has 0 fully saturated rings. The molecule has 2 N–H and O–H groups in total. The maximum absolute atomic E-state index is 5.05. The molecule has 0 amide bonds. The summed E-state index contributed by atoms with van der Waals surface area (Å²) in [5.74, 6) is 1.37. The molecule has 1 aromatic heterocycles. The van der Waals surface area contributed by atoms with Gasteiger partial charge in [0.15, 0.2) is 5.96 Å². The van der Waals surface area contributed by atoms with Crippen LogP contribution in [0.3, 0.4) is 0 Å². The van der Waals surface area contributed by atoms with E-state index in [2.05, 4.69) is 39.7 Å². The van der Waals surface area contributed by atoms with Crippen molar-refractivity contribution in [3.63, 3.8) is 0 Å². The standard InChI is InChI=1S/C17H22N4O/c1-13(15-7-5-4-6-8-15)21-17(18-2)20-12-14-9-10-16(22-3)19-11-14/h4-11,13H,12H2,1-3H3,(H2,18,20,21). The lowest BCUT2D eigenvalue weighted by atomic mass is 10.1. The first-order chi connectivity index (χ1) is 10.7. The molecule has 5 nitrogen and oxygen atoms in total. The Bertz CT molecular complexity index is 596. The minimum atomic E-state index is 0.182. The molecule has 1 aromatic carbocycles. The number of nitrogens with zero attached hydrogens (tertiary/aromatic N) is 2. The van der Waals surface area contributed by atoms with Crippen LogP contribution in [0, 0.1) is 0 Å². The summed E-state index contributed by atoms with van der Waals surface area (Å²) >= 11 is 0. The molecule has 0 aliphatic heterocycles. The highest BCUT2D eigenvalue weighted by Gasteiger charge is 2.07. The number of hydrogen-bond acceptors (Lipinski definition) is 3. The molecule has 0 bridgehead atoms. The van der Waals surface area contributed by atoms with E-state index in [0.29, 0.717) is 12.4 Å². The molecule has 0 spiro atoms. The molecule has 1 atom stereocenters. The van der Waals surface area contributed by atoms with Gasteiger partial charge in [-0.3, -0.25) is 4.99 Å². The van der Waals surface area contributed by atoms with Gasteiger partial charge in [-0.05, 0) is 18.1 Å². The second-order valence-corrected chi connectivity index (χ2v) is 4.91. The van der Waals surface area contributed by atoms with Crippen molar-refractivity contribution in [3.8, 4) is 5.88 Å². The maximum Gasteiger partial charge on any atom is 0.212 e. The summed E-state index contributed by atoms with van der Waals surface area (Å²) in [6.45, 7) is 2.76. The lowest BCUT2D eigenvalue weighted by Gasteiger charge is -2.18. The van der Waals surface area contributed by atoms with Crippen LogP contribution >= 0.6 is 0 Å². The summed E-state index contributed by atoms with van der Waals surface area (Å²) in [5, 5.41) is 6.65. The number of guanidine groups is 1. The van der Waals surface area contributed by atoms with Gasteiger partial charge in [0.1, 0.15) is 0 Å². The van der Waals surface area contributed by atoms with Crippen molar-refractivity contribution < 1.29 is 4.74 Å². The van der Waals surface area contributed by atoms with E-state index in [1.807, 2.05) is 30.3 Å². The van der Waals surface area contributed by atoms with Crippen molar-refractivity contribution in [1.82, 2.24) is 15.6 Å². The van der Waals surface area contributed by atoms with Crippen LogP contribution in [0.4, 0.5) is 0 Å². The van der Waals surface area contributed by atoms with Gasteiger partial charge in [-0.15, -0.1) is 0 Å².